The van der Waals surface area contributed by atoms with Gasteiger partial charge < -0.3 is 4.42 Å². The van der Waals surface area contributed by atoms with Crippen LogP contribution in [0.25, 0.3) is 11.1 Å². The average molecular weight is 304 g/mol. The lowest BCUT2D eigenvalue weighted by Crippen LogP contribution is -2.12. The Morgan fingerprint density at radius 1 is 1.10 bits per heavy atom. The molecule has 2 N–H and O–H groups in total. The Hall–Kier alpha value is -2.54. The van der Waals surface area contributed by atoms with Crippen LogP contribution in [0.4, 0.5) is 5.69 Å². The minimum atomic E-state index is -3.72. The van der Waals surface area contributed by atoms with Gasteiger partial charge in [0.15, 0.2) is 5.58 Å². The molecule has 0 spiro atoms. The third-order valence-corrected chi connectivity index (χ3v) is 4.38. The Labute approximate surface area is 120 Å². The van der Waals surface area contributed by atoms with Crippen molar-refractivity contribution in [2.24, 2.45) is 0 Å². The molecule has 0 fully saturated rings. The lowest BCUT2D eigenvalue weighted by atomic mass is 10.2. The predicted molar refractivity (Wildman–Crippen MR) is 78.8 cm³/mol. The largest absolute Gasteiger partial charge is 0.417 e. The summed E-state index contributed by atoms with van der Waals surface area (Å²) in [5.74, 6) is -0.619. The summed E-state index contributed by atoms with van der Waals surface area (Å²) >= 11 is 0. The van der Waals surface area contributed by atoms with Gasteiger partial charge in [-0.3, -0.25) is 9.71 Å². The van der Waals surface area contributed by atoms with Crippen LogP contribution in [0.15, 0.2) is 56.6 Å². The number of sulfonamides is 1. The highest BCUT2D eigenvalue weighted by molar-refractivity contribution is 7.92. The van der Waals surface area contributed by atoms with E-state index in [0.29, 0.717) is 16.8 Å². The Morgan fingerprint density at radius 3 is 2.52 bits per heavy atom. The maximum absolute atomic E-state index is 12.3. The van der Waals surface area contributed by atoms with Gasteiger partial charge in [0.05, 0.1) is 10.4 Å². The molecule has 1 heterocycles. The second kappa shape index (κ2) is 4.78. The number of H-pyrrole nitrogens is 1. The van der Waals surface area contributed by atoms with Gasteiger partial charge in [-0.15, -0.1) is 0 Å². The van der Waals surface area contributed by atoms with Crippen LogP contribution in [0.2, 0.25) is 0 Å². The maximum atomic E-state index is 12.3. The third kappa shape index (κ3) is 2.68. The quantitative estimate of drug-likeness (QED) is 0.776. The van der Waals surface area contributed by atoms with Gasteiger partial charge in [0.1, 0.15) is 0 Å². The summed E-state index contributed by atoms with van der Waals surface area (Å²) in [7, 11) is -3.72. The van der Waals surface area contributed by atoms with Crippen LogP contribution in [-0.4, -0.2) is 13.4 Å². The van der Waals surface area contributed by atoms with Gasteiger partial charge in [-0.25, -0.2) is 13.2 Å². The molecule has 0 radical (unpaired) electrons. The number of rotatable bonds is 3. The molecule has 0 aliphatic carbocycles. The van der Waals surface area contributed by atoms with Crippen LogP contribution < -0.4 is 10.5 Å². The van der Waals surface area contributed by atoms with Crippen molar-refractivity contribution in [1.29, 1.82) is 0 Å². The number of aromatic nitrogens is 1. The van der Waals surface area contributed by atoms with Crippen molar-refractivity contribution in [3.8, 4) is 0 Å². The second-order valence-electron chi connectivity index (χ2n) is 4.64. The monoisotopic (exact) mass is 304 g/mol. The molecule has 0 unspecified atom stereocenters. The summed E-state index contributed by atoms with van der Waals surface area (Å²) in [6.07, 6.45) is 0. The molecule has 7 heteroatoms. The molecule has 0 amide bonds. The molecule has 0 aliphatic rings. The second-order valence-corrected chi connectivity index (χ2v) is 6.33. The van der Waals surface area contributed by atoms with Gasteiger partial charge in [0.25, 0.3) is 10.0 Å². The molecule has 0 saturated heterocycles. The number of aryl methyl sites for hydroxylation is 1. The van der Waals surface area contributed by atoms with E-state index in [1.807, 2.05) is 19.1 Å². The summed E-state index contributed by atoms with van der Waals surface area (Å²) in [6, 6.07) is 11.2. The van der Waals surface area contributed by atoms with Crippen molar-refractivity contribution < 1.29 is 12.8 Å². The van der Waals surface area contributed by atoms with Crippen molar-refractivity contribution in [3.63, 3.8) is 0 Å². The highest BCUT2D eigenvalue weighted by atomic mass is 32.2. The van der Waals surface area contributed by atoms with E-state index in [2.05, 4.69) is 9.71 Å². The summed E-state index contributed by atoms with van der Waals surface area (Å²) in [5, 5.41) is 0. The number of aromatic amines is 1. The van der Waals surface area contributed by atoms with E-state index in [0.717, 1.165) is 5.56 Å². The number of anilines is 1. The Balaban J connectivity index is 1.99. The van der Waals surface area contributed by atoms with Crippen LogP contribution >= 0.6 is 0 Å². The summed E-state index contributed by atoms with van der Waals surface area (Å²) in [5.41, 5.74) is 2.16. The predicted octanol–water partition coefficient (Wildman–Crippen LogP) is 2.23. The highest BCUT2D eigenvalue weighted by Crippen LogP contribution is 2.20. The molecule has 2 aromatic carbocycles. The normalized spacial score (nSPS) is 11.7. The van der Waals surface area contributed by atoms with E-state index in [1.54, 1.807) is 12.1 Å². The van der Waals surface area contributed by atoms with E-state index in [9.17, 15) is 13.2 Å². The lowest BCUT2D eigenvalue weighted by molar-refractivity contribution is 0.555. The van der Waals surface area contributed by atoms with Gasteiger partial charge in [0.2, 0.25) is 0 Å². The summed E-state index contributed by atoms with van der Waals surface area (Å²) in [6.45, 7) is 1.92. The molecule has 0 bridgehead atoms. The fraction of sp³-hybridized carbons (Fsp3) is 0.0714. The van der Waals surface area contributed by atoms with Gasteiger partial charge in [-0.2, -0.15) is 0 Å². The highest BCUT2D eigenvalue weighted by Gasteiger charge is 2.15. The van der Waals surface area contributed by atoms with Crippen LogP contribution in [0.5, 0.6) is 0 Å². The molecule has 108 valence electrons. The molecule has 1 aromatic heterocycles. The average Bonchev–Trinajstić information content (AvgIpc) is 2.80. The maximum Gasteiger partial charge on any atom is 0.417 e. The summed E-state index contributed by atoms with van der Waals surface area (Å²) in [4.78, 5) is 13.6. The van der Waals surface area contributed by atoms with Crippen LogP contribution in [-0.2, 0) is 10.0 Å². The molecular weight excluding hydrogens is 292 g/mol. The van der Waals surface area contributed by atoms with Crippen LogP contribution in [0, 0.1) is 6.92 Å². The Kier molecular flexibility index (Phi) is 3.06. The molecule has 0 aliphatic heterocycles. The standard InChI is InChI=1S/C14H12N2O4S/c1-9-2-4-10(5-3-9)16-21(18,19)11-6-7-13-12(8-11)15-14(17)20-13/h2-8,16H,1H3,(H,15,17). The number of benzene rings is 2. The fourth-order valence-corrected chi connectivity index (χ4v) is 3.02. The van der Waals surface area contributed by atoms with Crippen molar-refractivity contribution in [2.75, 3.05) is 4.72 Å². The lowest BCUT2D eigenvalue weighted by Gasteiger charge is -2.08. The van der Waals surface area contributed by atoms with Gasteiger partial charge >= 0.3 is 5.76 Å². The minimum absolute atomic E-state index is 0.0487. The topological polar surface area (TPSA) is 92.2 Å². The van der Waals surface area contributed by atoms with Crippen molar-refractivity contribution in [2.45, 2.75) is 11.8 Å². The van der Waals surface area contributed by atoms with E-state index in [4.69, 9.17) is 4.42 Å². The molecule has 0 atom stereocenters. The Bertz CT molecular complexity index is 953. The molecule has 0 saturated carbocycles. The first kappa shape index (κ1) is 13.4. The van der Waals surface area contributed by atoms with Crippen LogP contribution in [0.1, 0.15) is 5.56 Å². The van der Waals surface area contributed by atoms with E-state index in [-0.39, 0.29) is 4.90 Å². The van der Waals surface area contributed by atoms with Crippen molar-refractivity contribution in [3.05, 3.63) is 58.6 Å². The SMILES string of the molecule is Cc1ccc(NS(=O)(=O)c2ccc3oc(=O)[nH]c3c2)cc1. The zero-order chi connectivity index (χ0) is 15.0. The molecule has 21 heavy (non-hydrogen) atoms. The van der Waals surface area contributed by atoms with Gasteiger partial charge in [-0.1, -0.05) is 17.7 Å². The number of nitrogens with one attached hydrogen (secondary N) is 2. The Morgan fingerprint density at radius 2 is 1.81 bits per heavy atom. The van der Waals surface area contributed by atoms with Gasteiger partial charge in [0, 0.05) is 5.69 Å². The van der Waals surface area contributed by atoms with E-state index >= 15 is 0 Å². The fourth-order valence-electron chi connectivity index (χ4n) is 1.93. The molecule has 6 nitrogen and oxygen atoms in total. The first-order chi connectivity index (χ1) is 9.94. The number of fused-ring (bicyclic) bond motifs is 1. The van der Waals surface area contributed by atoms with E-state index < -0.39 is 15.8 Å². The van der Waals surface area contributed by atoms with Crippen LogP contribution in [0.3, 0.4) is 0 Å². The summed E-state index contributed by atoms with van der Waals surface area (Å²) < 4.78 is 31.9. The zero-order valence-electron chi connectivity index (χ0n) is 11.1. The molecule has 3 rings (SSSR count). The van der Waals surface area contributed by atoms with E-state index in [1.165, 1.54) is 18.2 Å². The molecular formula is C14H12N2O4S. The molecule has 3 aromatic rings. The van der Waals surface area contributed by atoms with Crippen molar-refractivity contribution >= 4 is 26.8 Å². The minimum Gasteiger partial charge on any atom is -0.408 e. The smallest absolute Gasteiger partial charge is 0.408 e. The van der Waals surface area contributed by atoms with Gasteiger partial charge in [-0.05, 0) is 37.3 Å². The number of hydrogen-bond donors (Lipinski definition) is 2. The number of hydrogen-bond acceptors (Lipinski definition) is 4. The third-order valence-electron chi connectivity index (χ3n) is 3.00. The number of oxazole rings is 1. The first-order valence-corrected chi connectivity index (χ1v) is 7.65. The van der Waals surface area contributed by atoms with Crippen molar-refractivity contribution in [1.82, 2.24) is 4.98 Å². The zero-order valence-corrected chi connectivity index (χ0v) is 11.9. The first-order valence-electron chi connectivity index (χ1n) is 6.16.